The predicted octanol–water partition coefficient (Wildman–Crippen LogP) is 4.65. The average molecular weight is 466 g/mol. The van der Waals surface area contributed by atoms with E-state index < -0.39 is 5.97 Å². The maximum absolute atomic E-state index is 12.8. The molecule has 9 heteroatoms. The number of aryl methyl sites for hydroxylation is 3. The lowest BCUT2D eigenvalue weighted by Gasteiger charge is -2.11. The van der Waals surface area contributed by atoms with Crippen molar-refractivity contribution in [1.29, 1.82) is 0 Å². The zero-order chi connectivity index (χ0) is 22.9. The lowest BCUT2D eigenvalue weighted by Crippen LogP contribution is -2.15. The van der Waals surface area contributed by atoms with Gasteiger partial charge in [0.1, 0.15) is 5.69 Å². The molecule has 2 heterocycles. The van der Waals surface area contributed by atoms with Gasteiger partial charge in [0, 0.05) is 46.3 Å². The fraction of sp³-hybridized carbons (Fsp3) is 0.409. The Morgan fingerprint density at radius 1 is 1.16 bits per heavy atom. The lowest BCUT2D eigenvalue weighted by atomic mass is 9.96. The predicted molar refractivity (Wildman–Crippen MR) is 121 cm³/mol. The molecule has 0 fully saturated rings. The zero-order valence-corrected chi connectivity index (χ0v) is 19.7. The largest absolute Gasteiger partial charge is 0.469 e. The Morgan fingerprint density at radius 3 is 2.45 bits per heavy atom. The van der Waals surface area contributed by atoms with Crippen molar-refractivity contribution in [2.75, 3.05) is 14.2 Å². The second-order valence-corrected chi connectivity index (χ2v) is 7.81. The van der Waals surface area contributed by atoms with Crippen LogP contribution >= 0.6 is 23.2 Å². The zero-order valence-electron chi connectivity index (χ0n) is 18.2. The van der Waals surface area contributed by atoms with Crippen molar-refractivity contribution in [3.63, 3.8) is 0 Å². The van der Waals surface area contributed by atoms with Gasteiger partial charge in [0.05, 0.1) is 32.2 Å². The molecule has 31 heavy (non-hydrogen) atoms. The van der Waals surface area contributed by atoms with Crippen molar-refractivity contribution in [2.24, 2.45) is 7.05 Å². The first-order valence-electron chi connectivity index (χ1n) is 9.88. The van der Waals surface area contributed by atoms with E-state index in [4.69, 9.17) is 32.7 Å². The molecule has 0 aliphatic carbocycles. The Morgan fingerprint density at radius 2 is 1.87 bits per heavy atom. The molecule has 0 saturated heterocycles. The number of nitrogens with zero attached hydrogens (tertiary/aromatic N) is 3. The highest BCUT2D eigenvalue weighted by Gasteiger charge is 2.28. The Kier molecular flexibility index (Phi) is 6.96. The number of hydrogen-bond donors (Lipinski definition) is 0. The van der Waals surface area contributed by atoms with E-state index in [9.17, 15) is 9.59 Å². The van der Waals surface area contributed by atoms with Crippen LogP contribution in [0.5, 0.6) is 0 Å². The maximum Gasteiger partial charge on any atom is 0.354 e. The number of carbonyl (C=O) groups excluding carboxylic acids is 2. The number of aromatic nitrogens is 3. The normalized spacial score (nSPS) is 11.2. The van der Waals surface area contributed by atoms with Crippen LogP contribution < -0.4 is 0 Å². The Hall–Kier alpha value is -2.51. The van der Waals surface area contributed by atoms with Crippen molar-refractivity contribution in [2.45, 2.75) is 39.1 Å². The van der Waals surface area contributed by atoms with E-state index in [2.05, 4.69) is 5.10 Å². The number of fused-ring (bicyclic) bond motifs is 1. The summed E-state index contributed by atoms with van der Waals surface area (Å²) in [4.78, 5) is 24.6. The number of rotatable bonds is 7. The van der Waals surface area contributed by atoms with Crippen molar-refractivity contribution in [3.8, 4) is 11.1 Å². The Labute approximate surface area is 190 Å². The van der Waals surface area contributed by atoms with Gasteiger partial charge in [0.25, 0.3) is 0 Å². The first-order chi connectivity index (χ1) is 14.8. The van der Waals surface area contributed by atoms with Crippen molar-refractivity contribution >= 4 is 46.0 Å². The second-order valence-electron chi connectivity index (χ2n) is 7.13. The number of halogens is 2. The molecule has 0 radical (unpaired) electrons. The standard InChI is InChI=1S/C22H25Cl2N3O4/c1-6-13-19-16(27(10-9-17(28)30-4)21(13)22(29)31-5)8-7-14(24)20(19)18-12(2)26(3)25-15(18)11-23/h7-8H,6,9-11H2,1-5H3. The molecule has 166 valence electrons. The van der Waals surface area contributed by atoms with Crippen LogP contribution in [0.15, 0.2) is 12.1 Å². The van der Waals surface area contributed by atoms with Crippen molar-refractivity contribution in [1.82, 2.24) is 14.3 Å². The summed E-state index contributed by atoms with van der Waals surface area (Å²) in [6.07, 6.45) is 0.680. The molecule has 0 N–H and O–H groups in total. The summed E-state index contributed by atoms with van der Waals surface area (Å²) in [5, 5.41) is 5.90. The number of alkyl halides is 1. The van der Waals surface area contributed by atoms with Crippen LogP contribution in [-0.2, 0) is 40.2 Å². The van der Waals surface area contributed by atoms with E-state index in [1.54, 1.807) is 10.7 Å². The number of benzene rings is 1. The molecule has 0 aliphatic rings. The van der Waals surface area contributed by atoms with Crippen LogP contribution in [0.4, 0.5) is 0 Å². The van der Waals surface area contributed by atoms with Crippen LogP contribution in [0.1, 0.15) is 40.8 Å². The number of carbonyl (C=O) groups is 2. The van der Waals surface area contributed by atoms with Gasteiger partial charge >= 0.3 is 11.9 Å². The van der Waals surface area contributed by atoms with Gasteiger partial charge in [-0.1, -0.05) is 18.5 Å². The average Bonchev–Trinajstić information content (AvgIpc) is 3.24. The summed E-state index contributed by atoms with van der Waals surface area (Å²) < 4.78 is 13.4. The minimum Gasteiger partial charge on any atom is -0.469 e. The third-order valence-electron chi connectivity index (χ3n) is 5.56. The molecule has 0 bridgehead atoms. The minimum absolute atomic E-state index is 0.115. The molecule has 0 saturated carbocycles. The summed E-state index contributed by atoms with van der Waals surface area (Å²) in [7, 11) is 4.53. The SMILES string of the molecule is CCc1c(C(=O)OC)n(CCC(=O)OC)c2ccc(Cl)c(-c3c(CCl)nn(C)c3C)c12. The van der Waals surface area contributed by atoms with Gasteiger partial charge < -0.3 is 14.0 Å². The number of methoxy groups -OCH3 is 2. The summed E-state index contributed by atoms with van der Waals surface area (Å²) in [6, 6.07) is 3.65. The highest BCUT2D eigenvalue weighted by Crippen LogP contribution is 2.43. The van der Waals surface area contributed by atoms with Crippen LogP contribution in [0.3, 0.4) is 0 Å². The van der Waals surface area contributed by atoms with Gasteiger partial charge in [-0.15, -0.1) is 11.6 Å². The van der Waals surface area contributed by atoms with Gasteiger partial charge in [-0.2, -0.15) is 5.10 Å². The molecular weight excluding hydrogens is 441 g/mol. The lowest BCUT2D eigenvalue weighted by molar-refractivity contribution is -0.140. The highest BCUT2D eigenvalue weighted by molar-refractivity contribution is 6.35. The molecule has 1 aromatic carbocycles. The fourth-order valence-corrected chi connectivity index (χ4v) is 4.49. The van der Waals surface area contributed by atoms with Crippen LogP contribution in [0.2, 0.25) is 5.02 Å². The second kappa shape index (κ2) is 9.32. The molecular formula is C22H25Cl2N3O4. The topological polar surface area (TPSA) is 75.3 Å². The molecule has 7 nitrogen and oxygen atoms in total. The van der Waals surface area contributed by atoms with E-state index in [0.717, 1.165) is 33.3 Å². The molecule has 0 atom stereocenters. The van der Waals surface area contributed by atoms with Crippen LogP contribution in [0.25, 0.3) is 22.0 Å². The summed E-state index contributed by atoms with van der Waals surface area (Å²) in [5.74, 6) is -0.615. The van der Waals surface area contributed by atoms with Gasteiger partial charge in [0.2, 0.25) is 0 Å². The molecule has 0 spiro atoms. The van der Waals surface area contributed by atoms with E-state index in [1.165, 1.54) is 14.2 Å². The van der Waals surface area contributed by atoms with Crippen LogP contribution in [-0.4, -0.2) is 40.5 Å². The smallest absolute Gasteiger partial charge is 0.354 e. The molecule has 3 rings (SSSR count). The van der Waals surface area contributed by atoms with Crippen molar-refractivity contribution in [3.05, 3.63) is 39.8 Å². The summed E-state index contributed by atoms with van der Waals surface area (Å²) in [5.41, 5.74) is 5.23. The molecule has 0 aliphatic heterocycles. The summed E-state index contributed by atoms with van der Waals surface area (Å²) in [6.45, 7) is 4.19. The van der Waals surface area contributed by atoms with E-state index in [1.807, 2.05) is 31.5 Å². The summed E-state index contributed by atoms with van der Waals surface area (Å²) >= 11 is 12.9. The van der Waals surface area contributed by atoms with Gasteiger partial charge in [0.15, 0.2) is 0 Å². The minimum atomic E-state index is -0.472. The van der Waals surface area contributed by atoms with Gasteiger partial charge in [-0.05, 0) is 31.0 Å². The van der Waals surface area contributed by atoms with Gasteiger partial charge in [-0.3, -0.25) is 9.48 Å². The number of ether oxygens (including phenoxy) is 2. The fourth-order valence-electron chi connectivity index (χ4n) is 4.05. The Balaban J connectivity index is 2.44. The number of esters is 2. The third kappa shape index (κ3) is 3.92. The quantitative estimate of drug-likeness (QED) is 0.374. The van der Waals surface area contributed by atoms with E-state index in [0.29, 0.717) is 22.8 Å². The van der Waals surface area contributed by atoms with Gasteiger partial charge in [-0.25, -0.2) is 4.79 Å². The number of hydrogen-bond acceptors (Lipinski definition) is 5. The van der Waals surface area contributed by atoms with Crippen molar-refractivity contribution < 1.29 is 19.1 Å². The van der Waals surface area contributed by atoms with Crippen LogP contribution in [0, 0.1) is 6.92 Å². The molecule has 0 amide bonds. The van der Waals surface area contributed by atoms with E-state index in [-0.39, 0.29) is 24.8 Å². The molecule has 3 aromatic rings. The first kappa shape index (κ1) is 23.2. The third-order valence-corrected chi connectivity index (χ3v) is 6.13. The molecule has 0 unspecified atom stereocenters. The molecule has 2 aromatic heterocycles. The Bertz CT molecular complexity index is 1160. The monoisotopic (exact) mass is 465 g/mol. The maximum atomic E-state index is 12.8. The first-order valence-corrected chi connectivity index (χ1v) is 10.8. The van der Waals surface area contributed by atoms with E-state index >= 15 is 0 Å². The highest BCUT2D eigenvalue weighted by atomic mass is 35.5.